The molecule has 0 aliphatic rings. The first-order chi connectivity index (χ1) is 2.64. The maximum absolute atomic E-state index is 8.93. The molecule has 8 heavy (non-hydrogen) atoms. The van der Waals surface area contributed by atoms with E-state index in [1.165, 1.54) is 0 Å². The molecule has 0 spiro atoms. The number of carbonyl (C=O) groups is 2. The fourth-order valence-corrected chi connectivity index (χ4v) is 0. The van der Waals surface area contributed by atoms with Gasteiger partial charge < -0.3 is 19.8 Å². The zero-order chi connectivity index (χ0) is 5.15. The Morgan fingerprint density at radius 3 is 1.12 bits per heavy atom. The molecule has 0 aromatic heterocycles. The maximum atomic E-state index is 8.93. The van der Waals surface area contributed by atoms with Gasteiger partial charge in [0.2, 0.25) is 0 Å². The van der Waals surface area contributed by atoms with E-state index in [-0.39, 0.29) is 73.1 Å². The first-order valence-corrected chi connectivity index (χ1v) is 1.07. The second-order valence-corrected chi connectivity index (χ2v) is 0.575. The van der Waals surface area contributed by atoms with E-state index in [2.05, 4.69) is 0 Å². The van der Waals surface area contributed by atoms with Crippen molar-refractivity contribution in [3.8, 4) is 0 Å². The summed E-state index contributed by atoms with van der Waals surface area (Å²) in [5.74, 6) is -4.37. The Hall–Kier alpha value is 1.29. The zero-order valence-corrected chi connectivity index (χ0v) is 8.82. The van der Waals surface area contributed by atoms with E-state index < -0.39 is 11.9 Å². The number of carbonyl (C=O) groups excluding carboxylic acids is 2. The van der Waals surface area contributed by atoms with E-state index >= 15 is 0 Å². The molecule has 0 N–H and O–H groups in total. The van der Waals surface area contributed by atoms with Crippen molar-refractivity contribution in [1.82, 2.24) is 0 Å². The van der Waals surface area contributed by atoms with Crippen LogP contribution in [0.5, 0.6) is 0 Å². The summed E-state index contributed by atoms with van der Waals surface area (Å²) in [4.78, 5) is 17.9. The number of rotatable bonds is 0. The van der Waals surface area contributed by atoms with Gasteiger partial charge in [-0.15, -0.1) is 0 Å². The van der Waals surface area contributed by atoms with Gasteiger partial charge >= 0.3 is 51.4 Å². The van der Waals surface area contributed by atoms with E-state index in [0.29, 0.717) is 0 Å². The third kappa shape index (κ3) is 10.3. The van der Waals surface area contributed by atoms with Crippen LogP contribution in [0.1, 0.15) is 0 Å². The van der Waals surface area contributed by atoms with Crippen LogP contribution in [0.4, 0.5) is 0 Å². The Morgan fingerprint density at radius 1 is 1.00 bits per heavy atom. The van der Waals surface area contributed by atoms with Gasteiger partial charge in [-0.1, -0.05) is 0 Å². The van der Waals surface area contributed by atoms with Gasteiger partial charge in [-0.3, -0.25) is 0 Å². The van der Waals surface area contributed by atoms with Gasteiger partial charge in [-0.2, -0.15) is 0 Å². The number of aliphatic carboxylic acids is 2. The molecule has 0 aliphatic carbocycles. The summed E-state index contributed by atoms with van der Waals surface area (Å²) in [6, 6.07) is 0. The molecule has 0 radical (unpaired) electrons. The number of hydrogen-bond donors (Lipinski definition) is 0. The van der Waals surface area contributed by atoms with Crippen LogP contribution in [0.25, 0.3) is 0 Å². The second-order valence-electron chi connectivity index (χ2n) is 0.575. The van der Waals surface area contributed by atoms with Crippen molar-refractivity contribution >= 4 is 11.9 Å². The van der Waals surface area contributed by atoms with Crippen LogP contribution in [-0.2, 0) is 31.3 Å². The van der Waals surface area contributed by atoms with E-state index in [9.17, 15) is 0 Å². The standard InChI is InChI=1S/C2H2O4.K.Ti/c3-1(4)2(5)6;;/h(H,3,4)(H,5,6);;/q;+1;/p-2. The molecule has 0 aromatic carbocycles. The maximum Gasteiger partial charge on any atom is 1.00 e. The molecule has 0 amide bonds. The van der Waals surface area contributed by atoms with Crippen molar-refractivity contribution in [3.05, 3.63) is 0 Å². The molecule has 0 rings (SSSR count). The molecule has 0 atom stereocenters. The van der Waals surface area contributed by atoms with Crippen molar-refractivity contribution in [2.45, 2.75) is 0 Å². The largest absolute Gasteiger partial charge is 1.00 e. The molecule has 4 nitrogen and oxygen atoms in total. The Bertz CT molecular complexity index is 80.0. The summed E-state index contributed by atoms with van der Waals surface area (Å²) in [5.41, 5.74) is 0. The third-order valence-corrected chi connectivity index (χ3v) is 0.167. The van der Waals surface area contributed by atoms with Crippen molar-refractivity contribution in [1.29, 1.82) is 0 Å². The summed E-state index contributed by atoms with van der Waals surface area (Å²) < 4.78 is 0. The van der Waals surface area contributed by atoms with Gasteiger partial charge in [0.15, 0.2) is 0 Å². The predicted molar refractivity (Wildman–Crippen MR) is 10.0 cm³/mol. The van der Waals surface area contributed by atoms with E-state index in [4.69, 9.17) is 19.8 Å². The Kier molecular flexibility index (Phi) is 16.7. The minimum absolute atomic E-state index is 0. The molecule has 38 valence electrons. The van der Waals surface area contributed by atoms with Crippen LogP contribution < -0.4 is 61.6 Å². The van der Waals surface area contributed by atoms with Gasteiger partial charge in [-0.05, 0) is 0 Å². The molecule has 0 unspecified atom stereocenters. The first-order valence-electron chi connectivity index (χ1n) is 1.07. The average Bonchev–Trinajstić information content (AvgIpc) is 1.36. The van der Waals surface area contributed by atoms with E-state index in [0.717, 1.165) is 0 Å². The summed E-state index contributed by atoms with van der Waals surface area (Å²) >= 11 is 0. The Balaban J connectivity index is -0.000000125. The minimum Gasteiger partial charge on any atom is -0.543 e. The molecule has 0 saturated carbocycles. The molecule has 0 aliphatic heterocycles. The Morgan fingerprint density at radius 2 is 1.12 bits per heavy atom. The molecule has 0 aromatic rings. The van der Waals surface area contributed by atoms with Gasteiger partial charge in [0.05, 0.1) is 11.9 Å². The Labute approximate surface area is 103 Å². The molecular formula is C2KO4Ti-. The molecular weight excluding hydrogens is 175 g/mol. The molecule has 0 bridgehead atoms. The van der Waals surface area contributed by atoms with Gasteiger partial charge in [0.25, 0.3) is 0 Å². The fourth-order valence-electron chi connectivity index (χ4n) is 0. The van der Waals surface area contributed by atoms with Crippen molar-refractivity contribution in [2.75, 3.05) is 0 Å². The van der Waals surface area contributed by atoms with Gasteiger partial charge in [0, 0.05) is 21.7 Å². The SMILES string of the molecule is O=C([O-])C(=O)[O-].[K+].[Ti]. The molecule has 0 fully saturated rings. The van der Waals surface area contributed by atoms with Crippen molar-refractivity contribution < 1.29 is 92.9 Å². The number of hydrogen-bond acceptors (Lipinski definition) is 4. The van der Waals surface area contributed by atoms with Crippen LogP contribution in [0.15, 0.2) is 0 Å². The zero-order valence-electron chi connectivity index (χ0n) is 4.13. The predicted octanol–water partition coefficient (Wildman–Crippen LogP) is -6.51. The normalized spacial score (nSPS) is 5.50. The summed E-state index contributed by atoms with van der Waals surface area (Å²) in [5, 5.41) is 17.9. The monoisotopic (exact) mass is 175 g/mol. The second kappa shape index (κ2) is 8.29. The quantitative estimate of drug-likeness (QED) is 0.271. The van der Waals surface area contributed by atoms with E-state index in [1.807, 2.05) is 0 Å². The van der Waals surface area contributed by atoms with Crippen molar-refractivity contribution in [2.24, 2.45) is 0 Å². The third-order valence-electron chi connectivity index (χ3n) is 0.167. The van der Waals surface area contributed by atoms with E-state index in [1.54, 1.807) is 0 Å². The molecule has 0 saturated heterocycles. The summed E-state index contributed by atoms with van der Waals surface area (Å²) in [6.07, 6.45) is 0. The molecule has 0 heterocycles. The van der Waals surface area contributed by atoms with Crippen LogP contribution in [0, 0.1) is 0 Å². The minimum atomic E-state index is -2.19. The molecule has 6 heteroatoms. The first kappa shape index (κ1) is 16.1. The summed E-state index contributed by atoms with van der Waals surface area (Å²) in [6.45, 7) is 0. The topological polar surface area (TPSA) is 80.3 Å². The van der Waals surface area contributed by atoms with Gasteiger partial charge in [-0.25, -0.2) is 0 Å². The van der Waals surface area contributed by atoms with Crippen LogP contribution in [-0.4, -0.2) is 11.9 Å². The van der Waals surface area contributed by atoms with Gasteiger partial charge in [0.1, 0.15) is 0 Å². The number of carboxylic acids is 2. The van der Waals surface area contributed by atoms with Crippen LogP contribution >= 0.6 is 0 Å². The average molecular weight is 175 g/mol. The number of carboxylic acid groups (broad SMARTS) is 2. The smallest absolute Gasteiger partial charge is 0.543 e. The van der Waals surface area contributed by atoms with Crippen LogP contribution in [0.2, 0.25) is 0 Å². The summed E-state index contributed by atoms with van der Waals surface area (Å²) in [7, 11) is 0. The fraction of sp³-hybridized carbons (Fsp3) is 0. The van der Waals surface area contributed by atoms with Crippen molar-refractivity contribution in [3.63, 3.8) is 0 Å². The van der Waals surface area contributed by atoms with Crippen LogP contribution in [0.3, 0.4) is 0 Å².